The number of unbranched alkanes of at least 4 members (excludes halogenated alkanes) is 2. The van der Waals surface area contributed by atoms with Crippen LogP contribution in [0, 0.1) is 0 Å². The summed E-state index contributed by atoms with van der Waals surface area (Å²) in [5, 5.41) is 0. The third-order valence-corrected chi connectivity index (χ3v) is 5.99. The second-order valence-electron chi connectivity index (χ2n) is 9.59. The average Bonchev–Trinajstić information content (AvgIpc) is 2.87. The average molecular weight is 375 g/mol. The molecule has 1 aliphatic heterocycles. The smallest absolute Gasteiger partial charge is 0.195 e. The van der Waals surface area contributed by atoms with Gasteiger partial charge in [0.05, 0.1) is 5.41 Å². The van der Waals surface area contributed by atoms with Crippen molar-refractivity contribution in [1.29, 1.82) is 0 Å². The molecule has 1 nitrogen and oxygen atoms in total. The number of nitrogens with zero attached hydrogens (tertiary/aromatic N) is 1. The Hall–Kier alpha value is -2.15. The van der Waals surface area contributed by atoms with Crippen LogP contribution in [0.5, 0.6) is 0 Å². The van der Waals surface area contributed by atoms with E-state index < -0.39 is 0 Å². The Morgan fingerprint density at radius 3 is 2.21 bits per heavy atom. The van der Waals surface area contributed by atoms with E-state index in [0.717, 1.165) is 6.54 Å². The first-order valence-electron chi connectivity index (χ1n) is 10.8. The van der Waals surface area contributed by atoms with Gasteiger partial charge in [0.2, 0.25) is 5.69 Å². The molecule has 1 heterocycles. The summed E-state index contributed by atoms with van der Waals surface area (Å²) in [4.78, 5) is 0. The van der Waals surface area contributed by atoms with Crippen molar-refractivity contribution in [3.63, 3.8) is 0 Å². The minimum atomic E-state index is 0.0324. The van der Waals surface area contributed by atoms with E-state index in [0.29, 0.717) is 0 Å². The zero-order valence-corrected chi connectivity index (χ0v) is 18.5. The second-order valence-corrected chi connectivity index (χ2v) is 9.59. The van der Waals surface area contributed by atoms with E-state index in [1.807, 2.05) is 0 Å². The number of para-hydroxylation sites is 1. The minimum Gasteiger partial charge on any atom is -0.195 e. The molecule has 0 aromatic heterocycles. The lowest BCUT2D eigenvalue weighted by Gasteiger charge is -2.18. The number of hydrogen-bond acceptors (Lipinski definition) is 0. The largest absolute Gasteiger partial charge is 0.209 e. The van der Waals surface area contributed by atoms with Crippen molar-refractivity contribution >= 4 is 17.5 Å². The summed E-state index contributed by atoms with van der Waals surface area (Å²) < 4.78 is 2.55. The Balaban J connectivity index is 1.94. The summed E-state index contributed by atoms with van der Waals surface area (Å²) in [6.45, 7) is 14.9. The zero-order valence-electron chi connectivity index (χ0n) is 18.5. The summed E-state index contributed by atoms with van der Waals surface area (Å²) in [6.07, 6.45) is 8.40. The SMILES string of the molecule is CCCCC[N+]1=C(/C=C/c2ccc(C(C)(C)C)cc2)C(C)(C)c2ccccc21. The van der Waals surface area contributed by atoms with Gasteiger partial charge < -0.3 is 0 Å². The van der Waals surface area contributed by atoms with Crippen molar-refractivity contribution in [2.45, 2.75) is 71.6 Å². The van der Waals surface area contributed by atoms with Crippen LogP contribution in [0.2, 0.25) is 0 Å². The lowest BCUT2D eigenvalue weighted by atomic mass is 9.81. The van der Waals surface area contributed by atoms with Gasteiger partial charge in [0.15, 0.2) is 5.71 Å². The molecule has 1 aliphatic rings. The molecule has 3 rings (SSSR count). The fourth-order valence-electron chi connectivity index (χ4n) is 4.17. The molecule has 0 N–H and O–H groups in total. The van der Waals surface area contributed by atoms with Crippen molar-refractivity contribution in [2.24, 2.45) is 0 Å². The van der Waals surface area contributed by atoms with E-state index in [9.17, 15) is 0 Å². The summed E-state index contributed by atoms with van der Waals surface area (Å²) in [5.74, 6) is 0. The highest BCUT2D eigenvalue weighted by atomic mass is 15.1. The van der Waals surface area contributed by atoms with Gasteiger partial charge in [-0.25, -0.2) is 0 Å². The Kier molecular flexibility index (Phi) is 5.93. The molecule has 1 heteroatoms. The molecule has 0 saturated carbocycles. The van der Waals surface area contributed by atoms with Crippen LogP contribution < -0.4 is 0 Å². The highest BCUT2D eigenvalue weighted by Crippen LogP contribution is 2.40. The standard InChI is InChI=1S/C27H36N/c1-7-8-11-20-28-24-13-10-9-12-23(24)27(5,6)25(28)19-16-21-14-17-22(18-15-21)26(2,3)4/h9-10,12-19H,7-8,11,20H2,1-6H3/q+1/b19-16+. The predicted molar refractivity (Wildman–Crippen MR) is 123 cm³/mol. The molecule has 148 valence electrons. The van der Waals surface area contributed by atoms with E-state index in [1.165, 1.54) is 47.4 Å². The van der Waals surface area contributed by atoms with Crippen LogP contribution in [0.1, 0.15) is 77.5 Å². The number of allylic oxidation sites excluding steroid dienone is 1. The Morgan fingerprint density at radius 2 is 1.57 bits per heavy atom. The summed E-state index contributed by atoms with van der Waals surface area (Å²) in [6, 6.07) is 17.9. The van der Waals surface area contributed by atoms with Crippen LogP contribution in [0.15, 0.2) is 54.6 Å². The lowest BCUT2D eigenvalue weighted by molar-refractivity contribution is -0.438. The maximum absolute atomic E-state index is 2.55. The van der Waals surface area contributed by atoms with E-state index in [4.69, 9.17) is 0 Å². The van der Waals surface area contributed by atoms with Gasteiger partial charge in [-0.05, 0) is 42.9 Å². The van der Waals surface area contributed by atoms with Crippen molar-refractivity contribution in [2.75, 3.05) is 6.54 Å². The fourth-order valence-corrected chi connectivity index (χ4v) is 4.17. The van der Waals surface area contributed by atoms with Crippen LogP contribution in [-0.4, -0.2) is 16.8 Å². The lowest BCUT2D eigenvalue weighted by Crippen LogP contribution is -2.27. The number of fused-ring (bicyclic) bond motifs is 1. The van der Waals surface area contributed by atoms with Crippen molar-refractivity contribution < 1.29 is 4.58 Å². The van der Waals surface area contributed by atoms with Gasteiger partial charge in [-0.3, -0.25) is 0 Å². The van der Waals surface area contributed by atoms with Gasteiger partial charge in [-0.1, -0.05) is 76.6 Å². The summed E-state index contributed by atoms with van der Waals surface area (Å²) >= 11 is 0. The minimum absolute atomic E-state index is 0.0324. The maximum Gasteiger partial charge on any atom is 0.209 e. The van der Waals surface area contributed by atoms with Gasteiger partial charge in [-0.15, -0.1) is 0 Å². The first-order valence-corrected chi connectivity index (χ1v) is 10.8. The van der Waals surface area contributed by atoms with E-state index in [-0.39, 0.29) is 10.8 Å². The molecule has 0 amide bonds. The molecule has 0 bridgehead atoms. The van der Waals surface area contributed by atoms with Gasteiger partial charge in [0.25, 0.3) is 0 Å². The molecule has 0 radical (unpaired) electrons. The molecule has 0 saturated heterocycles. The Morgan fingerprint density at radius 1 is 0.893 bits per heavy atom. The molecule has 28 heavy (non-hydrogen) atoms. The van der Waals surface area contributed by atoms with Crippen LogP contribution in [-0.2, 0) is 10.8 Å². The van der Waals surface area contributed by atoms with Crippen LogP contribution in [0.4, 0.5) is 5.69 Å². The van der Waals surface area contributed by atoms with Gasteiger partial charge in [0, 0.05) is 24.1 Å². The van der Waals surface area contributed by atoms with E-state index in [1.54, 1.807) is 0 Å². The second kappa shape index (κ2) is 8.07. The summed E-state index contributed by atoms with van der Waals surface area (Å²) in [7, 11) is 0. The molecule has 0 aliphatic carbocycles. The fraction of sp³-hybridized carbons (Fsp3) is 0.444. The quantitative estimate of drug-likeness (QED) is 0.369. The Bertz CT molecular complexity index is 873. The van der Waals surface area contributed by atoms with Crippen molar-refractivity contribution in [3.8, 4) is 0 Å². The maximum atomic E-state index is 2.55. The predicted octanol–water partition coefficient (Wildman–Crippen LogP) is 7.26. The Labute approximate surface area is 171 Å². The molecular weight excluding hydrogens is 338 g/mol. The van der Waals surface area contributed by atoms with Gasteiger partial charge in [-0.2, -0.15) is 4.58 Å². The molecule has 0 spiro atoms. The molecular formula is C27H36N+. The van der Waals surface area contributed by atoms with Gasteiger partial charge >= 0.3 is 0 Å². The highest BCUT2D eigenvalue weighted by Gasteiger charge is 2.43. The molecule has 2 aromatic rings. The zero-order chi connectivity index (χ0) is 20.4. The molecule has 0 unspecified atom stereocenters. The van der Waals surface area contributed by atoms with Crippen LogP contribution in [0.3, 0.4) is 0 Å². The van der Waals surface area contributed by atoms with Crippen molar-refractivity contribution in [3.05, 3.63) is 71.3 Å². The number of benzene rings is 2. The van der Waals surface area contributed by atoms with Crippen LogP contribution >= 0.6 is 0 Å². The number of rotatable bonds is 6. The molecule has 0 atom stereocenters. The normalized spacial score (nSPS) is 16.1. The topological polar surface area (TPSA) is 3.01 Å². The van der Waals surface area contributed by atoms with E-state index >= 15 is 0 Å². The molecule has 0 fully saturated rings. The first kappa shape index (κ1) is 20.6. The van der Waals surface area contributed by atoms with E-state index in [2.05, 4.69) is 107 Å². The third-order valence-electron chi connectivity index (χ3n) is 5.99. The number of hydrogen-bond donors (Lipinski definition) is 0. The summed E-state index contributed by atoms with van der Waals surface area (Å²) in [5.41, 5.74) is 7.10. The van der Waals surface area contributed by atoms with Gasteiger partial charge in [0.1, 0.15) is 6.54 Å². The highest BCUT2D eigenvalue weighted by molar-refractivity contribution is 6.05. The monoisotopic (exact) mass is 374 g/mol. The van der Waals surface area contributed by atoms with Crippen LogP contribution in [0.25, 0.3) is 6.08 Å². The first-order chi connectivity index (χ1) is 13.2. The molecule has 2 aromatic carbocycles. The van der Waals surface area contributed by atoms with Crippen molar-refractivity contribution in [1.82, 2.24) is 0 Å². The third kappa shape index (κ3) is 4.14.